The van der Waals surface area contributed by atoms with Gasteiger partial charge < -0.3 is 4.57 Å². The first-order valence-electron chi connectivity index (χ1n) is 11.3. The molecule has 0 unspecified atom stereocenters. The first-order chi connectivity index (χ1) is 15.8. The van der Waals surface area contributed by atoms with E-state index >= 15 is 4.39 Å². The van der Waals surface area contributed by atoms with Crippen LogP contribution in [0.2, 0.25) is 0 Å². The predicted molar refractivity (Wildman–Crippen MR) is 123 cm³/mol. The van der Waals surface area contributed by atoms with Gasteiger partial charge >= 0.3 is 0 Å². The molecule has 0 saturated heterocycles. The van der Waals surface area contributed by atoms with Crippen LogP contribution in [0.1, 0.15) is 51.3 Å². The zero-order chi connectivity index (χ0) is 22.9. The van der Waals surface area contributed by atoms with E-state index in [1.54, 1.807) is 18.2 Å². The molecule has 2 aliphatic rings. The number of H-pyrrole nitrogens is 1. The number of aromatic amines is 1. The van der Waals surface area contributed by atoms with Crippen molar-refractivity contribution in [2.75, 3.05) is 0 Å². The Balaban J connectivity index is 1.67. The van der Waals surface area contributed by atoms with Gasteiger partial charge in [-0.3, -0.25) is 14.6 Å². The minimum absolute atomic E-state index is 0.0442. The summed E-state index contributed by atoms with van der Waals surface area (Å²) < 4.78 is 19.2. The van der Waals surface area contributed by atoms with E-state index in [0.29, 0.717) is 29.4 Å². The summed E-state index contributed by atoms with van der Waals surface area (Å²) in [4.78, 5) is 17.4. The number of benzene rings is 1. The highest BCUT2D eigenvalue weighted by Gasteiger charge is 2.39. The summed E-state index contributed by atoms with van der Waals surface area (Å²) in [5.74, 6) is 0.495. The summed E-state index contributed by atoms with van der Waals surface area (Å²) >= 11 is 0. The topological polar surface area (TPSA) is 81.4 Å². The lowest BCUT2D eigenvalue weighted by Crippen LogP contribution is -2.34. The third-order valence-electron chi connectivity index (χ3n) is 6.76. The van der Waals surface area contributed by atoms with Gasteiger partial charge in [-0.1, -0.05) is 39.0 Å². The van der Waals surface area contributed by atoms with Crippen molar-refractivity contribution in [2.45, 2.75) is 52.1 Å². The molecule has 168 valence electrons. The third kappa shape index (κ3) is 3.15. The fraction of sp³-hybridized carbons (Fsp3) is 0.360. The summed E-state index contributed by atoms with van der Waals surface area (Å²) in [6.07, 6.45) is 5.37. The normalized spacial score (nSPS) is 17.6. The van der Waals surface area contributed by atoms with E-state index in [-0.39, 0.29) is 22.7 Å². The number of aromatic nitrogens is 6. The van der Waals surface area contributed by atoms with Crippen molar-refractivity contribution < 1.29 is 4.39 Å². The Morgan fingerprint density at radius 1 is 1.15 bits per heavy atom. The zero-order valence-corrected chi connectivity index (χ0v) is 18.8. The summed E-state index contributed by atoms with van der Waals surface area (Å²) in [5.41, 5.74) is 4.04. The van der Waals surface area contributed by atoms with Gasteiger partial charge in [-0.2, -0.15) is 10.2 Å². The first-order valence-corrected chi connectivity index (χ1v) is 11.3. The van der Waals surface area contributed by atoms with Gasteiger partial charge in [0.2, 0.25) is 0 Å². The Morgan fingerprint density at radius 2 is 1.94 bits per heavy atom. The summed E-state index contributed by atoms with van der Waals surface area (Å²) in [6, 6.07) is 8.52. The van der Waals surface area contributed by atoms with Crippen molar-refractivity contribution in [1.29, 1.82) is 0 Å². The van der Waals surface area contributed by atoms with Gasteiger partial charge in [0, 0.05) is 29.3 Å². The molecule has 7 nitrogen and oxygen atoms in total. The second-order valence-electron chi connectivity index (χ2n) is 10.1. The SMILES string of the molecule is CC(C)(C)[C@@H]1Cn2nc(C3CC3)c(-c3ccccc3F)c2-c2cc(=O)c(-c3ncn[nH]3)cn21. The number of hydrogen-bond donors (Lipinski definition) is 1. The molecule has 1 atom stereocenters. The fourth-order valence-corrected chi connectivity index (χ4v) is 4.90. The second kappa shape index (κ2) is 6.97. The van der Waals surface area contributed by atoms with Crippen LogP contribution in [-0.2, 0) is 6.54 Å². The predicted octanol–water partition coefficient (Wildman–Crippen LogP) is 4.78. The molecule has 3 aromatic heterocycles. The molecular formula is C25H25FN6O. The van der Waals surface area contributed by atoms with E-state index in [0.717, 1.165) is 35.5 Å². The van der Waals surface area contributed by atoms with Crippen LogP contribution in [-0.4, -0.2) is 29.5 Å². The Kier molecular flexibility index (Phi) is 4.24. The Morgan fingerprint density at radius 3 is 2.61 bits per heavy atom. The third-order valence-corrected chi connectivity index (χ3v) is 6.76. The molecule has 0 radical (unpaired) electrons. The Hall–Kier alpha value is -3.55. The van der Waals surface area contributed by atoms with Crippen LogP contribution in [0.15, 0.2) is 47.7 Å². The molecule has 1 aliphatic carbocycles. The highest BCUT2D eigenvalue weighted by Crippen LogP contribution is 2.50. The van der Waals surface area contributed by atoms with Crippen LogP contribution in [0.25, 0.3) is 33.9 Å². The van der Waals surface area contributed by atoms with Crippen LogP contribution >= 0.6 is 0 Å². The number of pyridine rings is 1. The van der Waals surface area contributed by atoms with Gasteiger partial charge in [-0.25, -0.2) is 9.37 Å². The maximum atomic E-state index is 15.0. The molecule has 1 saturated carbocycles. The minimum atomic E-state index is -0.277. The fourth-order valence-electron chi connectivity index (χ4n) is 4.90. The van der Waals surface area contributed by atoms with E-state index in [2.05, 4.69) is 40.5 Å². The lowest BCUT2D eigenvalue weighted by atomic mass is 9.84. The molecule has 1 aliphatic heterocycles. The number of hydrogen-bond acceptors (Lipinski definition) is 4. The smallest absolute Gasteiger partial charge is 0.193 e. The highest BCUT2D eigenvalue weighted by atomic mass is 19.1. The van der Waals surface area contributed by atoms with Gasteiger partial charge in [-0.15, -0.1) is 0 Å². The summed E-state index contributed by atoms with van der Waals surface area (Å²) in [7, 11) is 0. The average Bonchev–Trinajstić information content (AvgIpc) is 3.33. The molecule has 0 amide bonds. The first kappa shape index (κ1) is 20.1. The van der Waals surface area contributed by atoms with E-state index in [1.807, 2.05) is 16.9 Å². The van der Waals surface area contributed by atoms with Crippen LogP contribution in [0.4, 0.5) is 4.39 Å². The summed E-state index contributed by atoms with van der Waals surface area (Å²) in [6.45, 7) is 7.18. The van der Waals surface area contributed by atoms with Crippen LogP contribution in [0.3, 0.4) is 0 Å². The molecule has 1 fully saturated rings. The number of fused-ring (bicyclic) bond motifs is 3. The molecular weight excluding hydrogens is 419 g/mol. The van der Waals surface area contributed by atoms with Gasteiger partial charge in [0.1, 0.15) is 12.1 Å². The van der Waals surface area contributed by atoms with Gasteiger partial charge in [0.25, 0.3) is 0 Å². The highest BCUT2D eigenvalue weighted by molar-refractivity contribution is 5.84. The molecule has 4 aromatic rings. The van der Waals surface area contributed by atoms with E-state index < -0.39 is 0 Å². The molecule has 33 heavy (non-hydrogen) atoms. The monoisotopic (exact) mass is 444 g/mol. The molecule has 4 heterocycles. The average molecular weight is 445 g/mol. The molecule has 1 N–H and O–H groups in total. The zero-order valence-electron chi connectivity index (χ0n) is 18.8. The van der Waals surface area contributed by atoms with Crippen molar-refractivity contribution >= 4 is 0 Å². The quantitative estimate of drug-likeness (QED) is 0.493. The van der Waals surface area contributed by atoms with Crippen LogP contribution in [0, 0.1) is 11.2 Å². The van der Waals surface area contributed by atoms with Crippen molar-refractivity contribution in [3.05, 3.63) is 64.6 Å². The number of halogens is 1. The maximum absolute atomic E-state index is 15.0. The molecule has 1 aromatic carbocycles. The minimum Gasteiger partial charge on any atom is -0.340 e. The van der Waals surface area contributed by atoms with Gasteiger partial charge in [-0.05, 0) is 24.3 Å². The van der Waals surface area contributed by atoms with Crippen molar-refractivity contribution in [3.63, 3.8) is 0 Å². The molecule has 0 spiro atoms. The molecule has 0 bridgehead atoms. The summed E-state index contributed by atoms with van der Waals surface area (Å²) in [5, 5.41) is 11.7. The van der Waals surface area contributed by atoms with Crippen LogP contribution in [0.5, 0.6) is 0 Å². The van der Waals surface area contributed by atoms with Gasteiger partial charge in [0.05, 0.1) is 35.2 Å². The van der Waals surface area contributed by atoms with Crippen LogP contribution < -0.4 is 5.43 Å². The lowest BCUT2D eigenvalue weighted by Gasteiger charge is -2.38. The number of rotatable bonds is 3. The second-order valence-corrected chi connectivity index (χ2v) is 10.1. The number of nitrogens with zero attached hydrogens (tertiary/aromatic N) is 5. The van der Waals surface area contributed by atoms with E-state index in [4.69, 9.17) is 5.10 Å². The Labute approximate surface area is 190 Å². The van der Waals surface area contributed by atoms with E-state index in [9.17, 15) is 4.79 Å². The van der Waals surface area contributed by atoms with Crippen molar-refractivity contribution in [3.8, 4) is 33.9 Å². The van der Waals surface area contributed by atoms with Crippen molar-refractivity contribution in [1.82, 2.24) is 29.5 Å². The molecule has 6 rings (SSSR count). The van der Waals surface area contributed by atoms with Crippen molar-refractivity contribution in [2.24, 2.45) is 5.41 Å². The Bertz CT molecular complexity index is 1420. The maximum Gasteiger partial charge on any atom is 0.193 e. The van der Waals surface area contributed by atoms with Gasteiger partial charge in [0.15, 0.2) is 11.3 Å². The largest absolute Gasteiger partial charge is 0.340 e. The number of nitrogens with one attached hydrogen (secondary N) is 1. The molecule has 8 heteroatoms. The van der Waals surface area contributed by atoms with E-state index in [1.165, 1.54) is 12.4 Å². The standard InChI is InChI=1S/C25H25FN6O/c1-25(2,3)20-12-32-23(18-10-19(33)16(11-31(18)20)24-27-13-28-29-24)21(22(30-32)14-8-9-14)15-6-4-5-7-17(15)26/h4-7,10-11,13-14,20H,8-9,12H2,1-3H3,(H,27,28,29)/t20-/m0/s1. The lowest BCUT2D eigenvalue weighted by molar-refractivity contribution is 0.202.